The van der Waals surface area contributed by atoms with E-state index in [0.717, 1.165) is 60.8 Å². The lowest BCUT2D eigenvalue weighted by Crippen LogP contribution is -2.43. The molecule has 2 bridgehead atoms. The zero-order valence-electron chi connectivity index (χ0n) is 24.7. The number of para-hydroxylation sites is 1. The number of nitrogens with zero attached hydrogens (tertiary/aromatic N) is 2. The van der Waals surface area contributed by atoms with Gasteiger partial charge < -0.3 is 9.88 Å². The van der Waals surface area contributed by atoms with Gasteiger partial charge in [-0.15, -0.1) is 0 Å². The Morgan fingerprint density at radius 2 is 1.74 bits per heavy atom. The first-order valence-electron chi connectivity index (χ1n) is 15.6. The molecule has 2 aliphatic rings. The molecule has 2 aliphatic heterocycles. The van der Waals surface area contributed by atoms with Gasteiger partial charge in [-0.25, -0.2) is 4.39 Å². The lowest BCUT2D eigenvalue weighted by atomic mass is 9.85. The molecule has 1 aromatic heterocycles. The smallest absolute Gasteiger partial charge is 0.253 e. The Bertz CT molecular complexity index is 1600. The Hall–Kier alpha value is -3.48. The second-order valence-corrected chi connectivity index (χ2v) is 12.5. The maximum atomic E-state index is 13.6. The Morgan fingerprint density at radius 3 is 2.47 bits per heavy atom. The molecule has 0 aliphatic carbocycles. The average Bonchev–Trinajstić information content (AvgIpc) is 3.51. The van der Waals surface area contributed by atoms with Gasteiger partial charge in [0, 0.05) is 55.3 Å². The largest absolute Gasteiger partial charge is 0.348 e. The fourth-order valence-electron chi connectivity index (χ4n) is 7.35. The summed E-state index contributed by atoms with van der Waals surface area (Å²) in [4.78, 5) is 28.9. The predicted molar refractivity (Wildman–Crippen MR) is 170 cm³/mol. The van der Waals surface area contributed by atoms with Crippen LogP contribution < -0.4 is 5.32 Å². The fraction of sp³-hybridized carbons (Fsp3) is 0.389. The number of benzene rings is 3. The molecule has 7 heteroatoms. The number of ketones is 1. The van der Waals surface area contributed by atoms with Gasteiger partial charge in [-0.05, 0) is 73.8 Å². The summed E-state index contributed by atoms with van der Waals surface area (Å²) in [5.74, 6) is -0.138. The summed E-state index contributed by atoms with van der Waals surface area (Å²) in [6, 6.07) is 21.5. The molecule has 2 fully saturated rings. The summed E-state index contributed by atoms with van der Waals surface area (Å²) in [7, 11) is 0. The van der Waals surface area contributed by atoms with Crippen LogP contribution in [0.1, 0.15) is 77.3 Å². The summed E-state index contributed by atoms with van der Waals surface area (Å²) in [6.07, 6.45) is 8.84. The standard InChI is InChI=1S/C36H39ClFN3O2/c1-2-26-10-6-11-30-31(36(43)39-22-24-8-4-3-5-9-24)23-40(35(26)30)16-7-17-41-28-13-14-29(41)19-25(18-28)20-34(42)27-12-15-33(38)32(37)21-27/h3-6,8-12,15,21,23,25,28-29H,2,7,13-14,16-20,22H2,1H3,(H,39,43)/t25?,28-,29?/m1/s1. The second-order valence-electron chi connectivity index (χ2n) is 12.1. The number of carbonyl (C=O) groups excluding carboxylic acids is 2. The number of hydrogen-bond acceptors (Lipinski definition) is 3. The molecule has 2 saturated heterocycles. The number of carbonyl (C=O) groups is 2. The van der Waals surface area contributed by atoms with Crippen LogP contribution in [0, 0.1) is 11.7 Å². The van der Waals surface area contributed by atoms with Gasteiger partial charge in [-0.1, -0.05) is 67.1 Å². The fourth-order valence-corrected chi connectivity index (χ4v) is 7.53. The molecule has 2 unspecified atom stereocenters. The van der Waals surface area contributed by atoms with E-state index in [2.05, 4.69) is 39.9 Å². The van der Waals surface area contributed by atoms with Crippen molar-refractivity contribution in [3.05, 3.63) is 106 Å². The molecule has 0 saturated carbocycles. The van der Waals surface area contributed by atoms with E-state index < -0.39 is 5.82 Å². The van der Waals surface area contributed by atoms with Crippen LogP contribution in [-0.2, 0) is 19.5 Å². The first kappa shape index (κ1) is 29.6. The maximum absolute atomic E-state index is 13.6. The third-order valence-electron chi connectivity index (χ3n) is 9.42. The van der Waals surface area contributed by atoms with Crippen LogP contribution in [0.3, 0.4) is 0 Å². The third kappa shape index (κ3) is 6.41. The number of amides is 1. The average molecular weight is 600 g/mol. The number of aryl methyl sites for hydroxylation is 2. The quantitative estimate of drug-likeness (QED) is 0.179. The van der Waals surface area contributed by atoms with Gasteiger partial charge >= 0.3 is 0 Å². The molecule has 6 rings (SSSR count). The number of fused-ring (bicyclic) bond motifs is 3. The molecule has 224 valence electrons. The van der Waals surface area contributed by atoms with E-state index in [1.54, 1.807) is 6.07 Å². The predicted octanol–water partition coefficient (Wildman–Crippen LogP) is 7.83. The second kappa shape index (κ2) is 13.0. The van der Waals surface area contributed by atoms with E-state index in [9.17, 15) is 14.0 Å². The van der Waals surface area contributed by atoms with Crippen LogP contribution >= 0.6 is 11.6 Å². The van der Waals surface area contributed by atoms with Crippen molar-refractivity contribution in [1.29, 1.82) is 0 Å². The molecular weight excluding hydrogens is 561 g/mol. The van der Waals surface area contributed by atoms with Gasteiger partial charge in [0.2, 0.25) is 0 Å². The molecule has 5 nitrogen and oxygen atoms in total. The van der Waals surface area contributed by atoms with Gasteiger partial charge in [0.25, 0.3) is 5.91 Å². The first-order valence-corrected chi connectivity index (χ1v) is 16.0. The number of halogens is 2. The Labute approximate surface area is 258 Å². The van der Waals surface area contributed by atoms with E-state index in [0.29, 0.717) is 36.5 Å². The number of nitrogens with one attached hydrogen (secondary N) is 1. The summed E-state index contributed by atoms with van der Waals surface area (Å²) < 4.78 is 15.8. The van der Waals surface area contributed by atoms with E-state index in [4.69, 9.17) is 11.6 Å². The van der Waals surface area contributed by atoms with E-state index >= 15 is 0 Å². The van der Waals surface area contributed by atoms with Crippen LogP contribution in [-0.4, -0.2) is 39.8 Å². The van der Waals surface area contributed by atoms with Crippen LogP contribution in [0.25, 0.3) is 10.9 Å². The number of hydrogen-bond donors (Lipinski definition) is 1. The summed E-state index contributed by atoms with van der Waals surface area (Å²) in [6.45, 7) is 4.52. The first-order chi connectivity index (χ1) is 20.9. The van der Waals surface area contributed by atoms with Crippen LogP contribution in [0.5, 0.6) is 0 Å². The van der Waals surface area contributed by atoms with Gasteiger partial charge in [-0.2, -0.15) is 0 Å². The van der Waals surface area contributed by atoms with Gasteiger partial charge in [0.05, 0.1) is 16.1 Å². The van der Waals surface area contributed by atoms with Crippen molar-refractivity contribution in [3.63, 3.8) is 0 Å². The minimum absolute atomic E-state index is 0.00204. The van der Waals surface area contributed by atoms with Crippen molar-refractivity contribution in [2.45, 2.75) is 77.0 Å². The molecule has 3 aromatic carbocycles. The van der Waals surface area contributed by atoms with Crippen molar-refractivity contribution in [2.75, 3.05) is 6.54 Å². The lowest BCUT2D eigenvalue weighted by Gasteiger charge is -2.39. The van der Waals surface area contributed by atoms with Crippen molar-refractivity contribution < 1.29 is 14.0 Å². The SMILES string of the molecule is CCc1cccc2c(C(=O)NCc3ccccc3)cn(CCCN3C4CC[C@@H]3CC(CC(=O)c3ccc(F)c(Cl)c3)C4)c12. The minimum atomic E-state index is -0.494. The van der Waals surface area contributed by atoms with E-state index in [-0.39, 0.29) is 16.7 Å². The van der Waals surface area contributed by atoms with Crippen molar-refractivity contribution in [3.8, 4) is 0 Å². The van der Waals surface area contributed by atoms with Gasteiger partial charge in [0.1, 0.15) is 5.82 Å². The number of rotatable bonds is 11. The molecule has 1 amide bonds. The molecule has 0 spiro atoms. The monoisotopic (exact) mass is 599 g/mol. The van der Waals surface area contributed by atoms with E-state index in [1.807, 2.05) is 36.5 Å². The number of piperidine rings is 1. The molecular formula is C36H39ClFN3O2. The minimum Gasteiger partial charge on any atom is -0.348 e. The molecule has 3 heterocycles. The third-order valence-corrected chi connectivity index (χ3v) is 9.71. The summed E-state index contributed by atoms with van der Waals surface area (Å²) in [5.41, 5.74) is 4.73. The highest BCUT2D eigenvalue weighted by molar-refractivity contribution is 6.31. The Morgan fingerprint density at radius 1 is 0.977 bits per heavy atom. The molecule has 1 N–H and O–H groups in total. The molecule has 4 aromatic rings. The molecule has 0 radical (unpaired) electrons. The zero-order valence-corrected chi connectivity index (χ0v) is 25.5. The van der Waals surface area contributed by atoms with Crippen molar-refractivity contribution in [1.82, 2.24) is 14.8 Å². The topological polar surface area (TPSA) is 54.3 Å². The zero-order chi connectivity index (χ0) is 29.9. The van der Waals surface area contributed by atoms with Gasteiger partial charge in [0.15, 0.2) is 5.78 Å². The highest BCUT2D eigenvalue weighted by Gasteiger charge is 2.40. The van der Waals surface area contributed by atoms with Crippen molar-refractivity contribution in [2.24, 2.45) is 5.92 Å². The number of Topliss-reactive ketones (excluding diaryl/α,β-unsaturated/α-hetero) is 1. The summed E-state index contributed by atoms with van der Waals surface area (Å²) in [5, 5.41) is 4.13. The summed E-state index contributed by atoms with van der Waals surface area (Å²) >= 11 is 5.92. The van der Waals surface area contributed by atoms with Crippen LogP contribution in [0.15, 0.2) is 72.9 Å². The van der Waals surface area contributed by atoms with Crippen LogP contribution in [0.2, 0.25) is 5.02 Å². The lowest BCUT2D eigenvalue weighted by molar-refractivity contribution is 0.0807. The Kier molecular flexibility index (Phi) is 8.96. The maximum Gasteiger partial charge on any atom is 0.253 e. The molecule has 3 atom stereocenters. The molecule has 43 heavy (non-hydrogen) atoms. The highest BCUT2D eigenvalue weighted by atomic mass is 35.5. The van der Waals surface area contributed by atoms with Crippen LogP contribution in [0.4, 0.5) is 4.39 Å². The Balaban J connectivity index is 1.09. The highest BCUT2D eigenvalue weighted by Crippen LogP contribution is 2.40. The van der Waals surface area contributed by atoms with Crippen molar-refractivity contribution >= 4 is 34.2 Å². The van der Waals surface area contributed by atoms with E-state index in [1.165, 1.54) is 30.5 Å². The normalized spacial score (nSPS) is 20.0. The number of aromatic nitrogens is 1. The van der Waals surface area contributed by atoms with Gasteiger partial charge in [-0.3, -0.25) is 14.5 Å².